The first-order valence-corrected chi connectivity index (χ1v) is 6.83. The van der Waals surface area contributed by atoms with E-state index in [0.29, 0.717) is 0 Å². The first-order valence-electron chi connectivity index (χ1n) is 6.83. The van der Waals surface area contributed by atoms with E-state index in [9.17, 15) is 0 Å². The van der Waals surface area contributed by atoms with Crippen LogP contribution in [0.15, 0.2) is 24.3 Å². The van der Waals surface area contributed by atoms with Gasteiger partial charge >= 0.3 is 0 Å². The van der Waals surface area contributed by atoms with Crippen molar-refractivity contribution in [3.8, 4) is 0 Å². The summed E-state index contributed by atoms with van der Waals surface area (Å²) in [5.74, 6) is 0.136. The third-order valence-corrected chi connectivity index (χ3v) is 3.05. The SMILES string of the molecule is CCCN(CCN(C)C)Cc1cccc(C(=N)N)c1. The molecule has 0 aromatic heterocycles. The Hall–Kier alpha value is -1.39. The fourth-order valence-electron chi connectivity index (χ4n) is 2.02. The number of nitrogens with zero attached hydrogens (tertiary/aromatic N) is 2. The minimum absolute atomic E-state index is 0.136. The van der Waals surface area contributed by atoms with Gasteiger partial charge < -0.3 is 10.6 Å². The molecule has 1 aromatic rings. The van der Waals surface area contributed by atoms with E-state index < -0.39 is 0 Å². The average molecular weight is 262 g/mol. The van der Waals surface area contributed by atoms with Crippen molar-refractivity contribution in [2.45, 2.75) is 19.9 Å². The Morgan fingerprint density at radius 3 is 2.53 bits per heavy atom. The number of nitrogens with two attached hydrogens (primary N) is 1. The number of hydrogen-bond acceptors (Lipinski definition) is 3. The van der Waals surface area contributed by atoms with Gasteiger partial charge in [-0.15, -0.1) is 0 Å². The van der Waals surface area contributed by atoms with Crippen LogP contribution < -0.4 is 5.73 Å². The Kier molecular flexibility index (Phi) is 6.53. The second-order valence-corrected chi connectivity index (χ2v) is 5.19. The quantitative estimate of drug-likeness (QED) is 0.554. The van der Waals surface area contributed by atoms with E-state index in [1.54, 1.807) is 0 Å². The van der Waals surface area contributed by atoms with Gasteiger partial charge in [0.2, 0.25) is 0 Å². The van der Waals surface area contributed by atoms with Crippen molar-refractivity contribution >= 4 is 5.84 Å². The molecule has 0 fully saturated rings. The zero-order chi connectivity index (χ0) is 14.3. The van der Waals surface area contributed by atoms with Crippen molar-refractivity contribution in [3.05, 3.63) is 35.4 Å². The minimum Gasteiger partial charge on any atom is -0.384 e. The Morgan fingerprint density at radius 1 is 1.21 bits per heavy atom. The van der Waals surface area contributed by atoms with Crippen LogP contribution in [0, 0.1) is 5.41 Å². The van der Waals surface area contributed by atoms with Crippen molar-refractivity contribution in [1.82, 2.24) is 9.80 Å². The van der Waals surface area contributed by atoms with Crippen LogP contribution in [0.5, 0.6) is 0 Å². The summed E-state index contributed by atoms with van der Waals surface area (Å²) in [5, 5.41) is 7.49. The maximum Gasteiger partial charge on any atom is 0.122 e. The summed E-state index contributed by atoms with van der Waals surface area (Å²) in [6, 6.07) is 7.98. The number of hydrogen-bond donors (Lipinski definition) is 2. The van der Waals surface area contributed by atoms with Gasteiger partial charge in [0.15, 0.2) is 0 Å². The molecule has 0 radical (unpaired) electrons. The van der Waals surface area contributed by atoms with Crippen molar-refractivity contribution in [1.29, 1.82) is 5.41 Å². The minimum atomic E-state index is 0.136. The molecule has 0 aliphatic rings. The van der Waals surface area contributed by atoms with Gasteiger partial charge in [-0.25, -0.2) is 0 Å². The monoisotopic (exact) mass is 262 g/mol. The fourth-order valence-corrected chi connectivity index (χ4v) is 2.02. The highest BCUT2D eigenvalue weighted by atomic mass is 15.2. The molecule has 0 amide bonds. The molecule has 3 N–H and O–H groups in total. The number of benzene rings is 1. The van der Waals surface area contributed by atoms with Gasteiger partial charge in [0.1, 0.15) is 5.84 Å². The summed E-state index contributed by atoms with van der Waals surface area (Å²) in [6.45, 7) is 6.34. The molecular formula is C15H26N4. The molecular weight excluding hydrogens is 236 g/mol. The molecule has 0 saturated heterocycles. The van der Waals surface area contributed by atoms with E-state index in [2.05, 4.69) is 36.9 Å². The third kappa shape index (κ3) is 5.85. The largest absolute Gasteiger partial charge is 0.384 e. The Balaban J connectivity index is 2.67. The van der Waals surface area contributed by atoms with E-state index in [0.717, 1.165) is 38.2 Å². The molecule has 4 nitrogen and oxygen atoms in total. The van der Waals surface area contributed by atoms with Gasteiger partial charge in [0.05, 0.1) is 0 Å². The smallest absolute Gasteiger partial charge is 0.122 e. The number of amidine groups is 1. The lowest BCUT2D eigenvalue weighted by Crippen LogP contribution is -2.32. The molecule has 0 aliphatic carbocycles. The summed E-state index contributed by atoms with van der Waals surface area (Å²) in [5.41, 5.74) is 7.56. The molecule has 0 unspecified atom stereocenters. The van der Waals surface area contributed by atoms with Gasteiger partial charge in [-0.1, -0.05) is 25.1 Å². The Labute approximate surface area is 116 Å². The highest BCUT2D eigenvalue weighted by Gasteiger charge is 2.06. The molecule has 0 spiro atoms. The van der Waals surface area contributed by atoms with Crippen molar-refractivity contribution in [3.63, 3.8) is 0 Å². The van der Waals surface area contributed by atoms with Gasteiger partial charge in [-0.2, -0.15) is 0 Å². The number of rotatable bonds is 8. The molecule has 0 atom stereocenters. The normalized spacial score (nSPS) is 11.2. The first-order chi connectivity index (χ1) is 9.02. The van der Waals surface area contributed by atoms with Crippen molar-refractivity contribution in [2.24, 2.45) is 5.73 Å². The zero-order valence-electron chi connectivity index (χ0n) is 12.3. The summed E-state index contributed by atoms with van der Waals surface area (Å²) in [6.07, 6.45) is 1.15. The average Bonchev–Trinajstić information content (AvgIpc) is 2.36. The van der Waals surface area contributed by atoms with E-state index >= 15 is 0 Å². The number of nitrogen functional groups attached to an aromatic ring is 1. The second kappa shape index (κ2) is 7.92. The van der Waals surface area contributed by atoms with Gasteiger partial charge in [-0.3, -0.25) is 10.3 Å². The highest BCUT2D eigenvalue weighted by Crippen LogP contribution is 2.08. The Bertz CT molecular complexity index is 401. The van der Waals surface area contributed by atoms with Crippen molar-refractivity contribution in [2.75, 3.05) is 33.7 Å². The number of likely N-dealkylation sites (N-methyl/N-ethyl adjacent to an activating group) is 1. The maximum atomic E-state index is 7.49. The molecule has 0 bridgehead atoms. The maximum absolute atomic E-state index is 7.49. The van der Waals surface area contributed by atoms with Crippen LogP contribution in [0.1, 0.15) is 24.5 Å². The summed E-state index contributed by atoms with van der Waals surface area (Å²) >= 11 is 0. The second-order valence-electron chi connectivity index (χ2n) is 5.19. The predicted molar refractivity (Wildman–Crippen MR) is 81.6 cm³/mol. The van der Waals surface area contributed by atoms with Crippen LogP contribution in [0.4, 0.5) is 0 Å². The highest BCUT2D eigenvalue weighted by molar-refractivity contribution is 5.95. The fraction of sp³-hybridized carbons (Fsp3) is 0.533. The van der Waals surface area contributed by atoms with Gasteiger partial charge in [0, 0.05) is 25.2 Å². The van der Waals surface area contributed by atoms with Crippen LogP contribution in [-0.2, 0) is 6.54 Å². The van der Waals surface area contributed by atoms with Gasteiger partial charge in [-0.05, 0) is 38.7 Å². The molecule has 0 aliphatic heterocycles. The predicted octanol–water partition coefficient (Wildman–Crippen LogP) is 1.74. The summed E-state index contributed by atoms with van der Waals surface area (Å²) in [7, 11) is 4.20. The van der Waals surface area contributed by atoms with E-state index in [-0.39, 0.29) is 5.84 Å². The molecule has 1 aromatic carbocycles. The number of nitrogens with one attached hydrogen (secondary N) is 1. The molecule has 0 heterocycles. The van der Waals surface area contributed by atoms with Crippen LogP contribution in [-0.4, -0.2) is 49.4 Å². The molecule has 1 rings (SSSR count). The molecule has 19 heavy (non-hydrogen) atoms. The van der Waals surface area contributed by atoms with Crippen LogP contribution in [0.25, 0.3) is 0 Å². The van der Waals surface area contributed by atoms with Crippen LogP contribution in [0.3, 0.4) is 0 Å². The summed E-state index contributed by atoms with van der Waals surface area (Å²) in [4.78, 5) is 4.65. The zero-order valence-corrected chi connectivity index (χ0v) is 12.3. The lowest BCUT2D eigenvalue weighted by atomic mass is 10.1. The van der Waals surface area contributed by atoms with Gasteiger partial charge in [0.25, 0.3) is 0 Å². The van der Waals surface area contributed by atoms with E-state index in [1.165, 1.54) is 5.56 Å². The third-order valence-electron chi connectivity index (χ3n) is 3.05. The lowest BCUT2D eigenvalue weighted by molar-refractivity contribution is 0.234. The lowest BCUT2D eigenvalue weighted by Gasteiger charge is -2.23. The molecule has 106 valence electrons. The standard InChI is InChI=1S/C15H26N4/c1-4-8-19(10-9-18(2)3)12-13-6-5-7-14(11-13)15(16)17/h5-7,11H,4,8-10,12H2,1-3H3,(H3,16,17). The molecule has 4 heteroatoms. The molecule has 0 saturated carbocycles. The van der Waals surface area contributed by atoms with Crippen LogP contribution in [0.2, 0.25) is 0 Å². The van der Waals surface area contributed by atoms with E-state index in [1.807, 2.05) is 18.2 Å². The van der Waals surface area contributed by atoms with E-state index in [4.69, 9.17) is 11.1 Å². The first kappa shape index (κ1) is 15.7. The van der Waals surface area contributed by atoms with Crippen molar-refractivity contribution < 1.29 is 0 Å². The summed E-state index contributed by atoms with van der Waals surface area (Å²) < 4.78 is 0. The topological polar surface area (TPSA) is 56.4 Å². The van der Waals surface area contributed by atoms with Crippen LogP contribution >= 0.6 is 0 Å². The Morgan fingerprint density at radius 2 is 1.95 bits per heavy atom.